The fraction of sp³-hybridized carbons (Fsp3) is 0.522. The standard InChI is InChI=1S/C23H26BrClN2O6/c1-3-9-26(14-7-5-12(25)6-8-14)21(30)19-23-10-15(24)18(33-23)16(22(31)32)17(23)20(29)27(19)13(4-2)11-28/h3,5-8,13,15-19,28H,1,4,9-11H2,2H3,(H,31,32)/t13-,15?,16-,17+,18-,19-,23+/m0/s1. The molecule has 3 heterocycles. The lowest BCUT2D eigenvalue weighted by molar-refractivity contribution is -0.150. The van der Waals surface area contributed by atoms with Gasteiger partial charge in [-0.2, -0.15) is 0 Å². The highest BCUT2D eigenvalue weighted by Crippen LogP contribution is 2.60. The molecule has 33 heavy (non-hydrogen) atoms. The van der Waals surface area contributed by atoms with Gasteiger partial charge in [-0.25, -0.2) is 0 Å². The SMILES string of the molecule is C=CCN(C(=O)[C@@H]1N([C@@H](CC)CO)C(=O)[C@H]2[C@H](C(=O)O)[C@H]3O[C@@]12CC3Br)c1ccc(Cl)cc1. The number of ether oxygens (including phenoxy) is 1. The summed E-state index contributed by atoms with van der Waals surface area (Å²) in [5, 5.41) is 20.5. The van der Waals surface area contributed by atoms with E-state index in [9.17, 15) is 24.6 Å². The van der Waals surface area contributed by atoms with Crippen molar-refractivity contribution < 1.29 is 29.3 Å². The summed E-state index contributed by atoms with van der Waals surface area (Å²) < 4.78 is 6.26. The molecule has 3 aliphatic heterocycles. The fourth-order valence-corrected chi connectivity index (χ4v) is 6.73. The zero-order valence-corrected chi connectivity index (χ0v) is 20.4. The minimum Gasteiger partial charge on any atom is -0.481 e. The largest absolute Gasteiger partial charge is 0.481 e. The normalized spacial score (nSPS) is 33.2. The Bertz CT molecular complexity index is 970. The van der Waals surface area contributed by atoms with Crippen molar-refractivity contribution in [1.29, 1.82) is 0 Å². The number of aliphatic hydroxyl groups is 1. The van der Waals surface area contributed by atoms with Gasteiger partial charge in [-0.3, -0.25) is 14.4 Å². The van der Waals surface area contributed by atoms with Gasteiger partial charge in [0.05, 0.1) is 30.6 Å². The van der Waals surface area contributed by atoms with Crippen molar-refractivity contribution in [3.63, 3.8) is 0 Å². The van der Waals surface area contributed by atoms with Crippen molar-refractivity contribution in [1.82, 2.24) is 4.90 Å². The van der Waals surface area contributed by atoms with E-state index in [1.807, 2.05) is 6.92 Å². The third-order valence-electron chi connectivity index (χ3n) is 7.04. The number of aliphatic carboxylic acids is 1. The number of carboxylic acids is 1. The first-order valence-electron chi connectivity index (χ1n) is 10.9. The maximum absolute atomic E-state index is 14.1. The van der Waals surface area contributed by atoms with E-state index in [4.69, 9.17) is 16.3 Å². The number of alkyl halides is 1. The van der Waals surface area contributed by atoms with Crippen LogP contribution >= 0.6 is 27.5 Å². The van der Waals surface area contributed by atoms with Crippen molar-refractivity contribution >= 4 is 51.0 Å². The molecule has 0 saturated carbocycles. The topological polar surface area (TPSA) is 107 Å². The zero-order chi connectivity index (χ0) is 24.1. The highest BCUT2D eigenvalue weighted by Gasteiger charge is 2.77. The van der Waals surface area contributed by atoms with Gasteiger partial charge in [-0.05, 0) is 37.1 Å². The van der Waals surface area contributed by atoms with Gasteiger partial charge >= 0.3 is 5.97 Å². The minimum absolute atomic E-state index is 0.166. The van der Waals surface area contributed by atoms with Gasteiger partial charge in [0.15, 0.2) is 0 Å². The van der Waals surface area contributed by atoms with E-state index < -0.39 is 53.4 Å². The fourth-order valence-electron chi connectivity index (χ4n) is 5.66. The smallest absolute Gasteiger partial charge is 0.310 e. The number of halogens is 2. The van der Waals surface area contributed by atoms with Gasteiger partial charge in [0.1, 0.15) is 11.6 Å². The molecule has 10 heteroatoms. The lowest BCUT2D eigenvalue weighted by Gasteiger charge is -2.39. The third kappa shape index (κ3) is 3.60. The number of hydrogen-bond acceptors (Lipinski definition) is 5. The highest BCUT2D eigenvalue weighted by atomic mass is 79.9. The van der Waals surface area contributed by atoms with Gasteiger partial charge in [0.2, 0.25) is 5.91 Å². The number of amides is 2. The summed E-state index contributed by atoms with van der Waals surface area (Å²) in [7, 11) is 0. The molecule has 1 aromatic rings. The highest BCUT2D eigenvalue weighted by molar-refractivity contribution is 9.09. The van der Waals surface area contributed by atoms with Crippen molar-refractivity contribution in [3.05, 3.63) is 41.9 Å². The summed E-state index contributed by atoms with van der Waals surface area (Å²) in [5.41, 5.74) is -0.740. The van der Waals surface area contributed by atoms with E-state index >= 15 is 0 Å². The van der Waals surface area contributed by atoms with Crippen LogP contribution < -0.4 is 4.90 Å². The molecule has 1 spiro atoms. The molecule has 1 unspecified atom stereocenters. The Morgan fingerprint density at radius 1 is 1.42 bits per heavy atom. The molecule has 0 radical (unpaired) electrons. The molecule has 8 nitrogen and oxygen atoms in total. The van der Waals surface area contributed by atoms with Gasteiger partial charge in [0.25, 0.3) is 5.91 Å². The Morgan fingerprint density at radius 3 is 2.64 bits per heavy atom. The molecule has 2 amide bonds. The summed E-state index contributed by atoms with van der Waals surface area (Å²) in [6, 6.07) is 4.99. The molecule has 7 atom stereocenters. The van der Waals surface area contributed by atoms with E-state index in [1.54, 1.807) is 30.3 Å². The van der Waals surface area contributed by atoms with Gasteiger partial charge in [0, 0.05) is 22.1 Å². The number of anilines is 1. The van der Waals surface area contributed by atoms with E-state index in [1.165, 1.54) is 9.80 Å². The summed E-state index contributed by atoms with van der Waals surface area (Å²) in [6.07, 6.45) is 1.57. The molecule has 0 aromatic heterocycles. The Labute approximate surface area is 205 Å². The zero-order valence-electron chi connectivity index (χ0n) is 18.1. The van der Waals surface area contributed by atoms with Crippen molar-refractivity contribution in [2.75, 3.05) is 18.1 Å². The van der Waals surface area contributed by atoms with Crippen molar-refractivity contribution in [2.45, 2.75) is 48.4 Å². The molecule has 4 rings (SSSR count). The van der Waals surface area contributed by atoms with Crippen molar-refractivity contribution in [2.24, 2.45) is 11.8 Å². The van der Waals surface area contributed by atoms with E-state index in [-0.39, 0.29) is 18.0 Å². The van der Waals surface area contributed by atoms with Crippen LogP contribution in [-0.2, 0) is 19.1 Å². The van der Waals surface area contributed by atoms with Crippen LogP contribution in [0.5, 0.6) is 0 Å². The molecule has 1 aromatic carbocycles. The van der Waals surface area contributed by atoms with Gasteiger partial charge in [-0.1, -0.05) is 40.5 Å². The Morgan fingerprint density at radius 2 is 2.09 bits per heavy atom. The second kappa shape index (κ2) is 9.02. The number of carbonyl (C=O) groups excluding carboxylic acids is 2. The molecule has 3 saturated heterocycles. The van der Waals surface area contributed by atoms with Crippen LogP contribution in [0.2, 0.25) is 5.02 Å². The predicted molar refractivity (Wildman–Crippen MR) is 125 cm³/mol. The molecule has 2 bridgehead atoms. The first-order valence-corrected chi connectivity index (χ1v) is 12.2. The first-order chi connectivity index (χ1) is 15.7. The van der Waals surface area contributed by atoms with Crippen LogP contribution in [0.4, 0.5) is 5.69 Å². The molecule has 178 valence electrons. The third-order valence-corrected chi connectivity index (χ3v) is 8.13. The number of carboxylic acid groups (broad SMARTS) is 1. The number of fused-ring (bicyclic) bond motifs is 1. The van der Waals surface area contributed by atoms with E-state index in [2.05, 4.69) is 22.5 Å². The lowest BCUT2D eigenvalue weighted by Crippen LogP contribution is -2.59. The second-order valence-corrected chi connectivity index (χ2v) is 10.3. The predicted octanol–water partition coefficient (Wildman–Crippen LogP) is 2.46. The summed E-state index contributed by atoms with van der Waals surface area (Å²) in [5.74, 6) is -4.07. The summed E-state index contributed by atoms with van der Waals surface area (Å²) in [6.45, 7) is 5.38. The minimum atomic E-state index is -1.30. The van der Waals surface area contributed by atoms with Gasteiger partial charge < -0.3 is 24.7 Å². The van der Waals surface area contributed by atoms with Gasteiger partial charge in [-0.15, -0.1) is 6.58 Å². The summed E-state index contributed by atoms with van der Waals surface area (Å²) >= 11 is 9.54. The number of rotatable bonds is 8. The maximum Gasteiger partial charge on any atom is 0.310 e. The van der Waals surface area contributed by atoms with Crippen LogP contribution in [0.1, 0.15) is 19.8 Å². The number of nitrogens with zero attached hydrogens (tertiary/aromatic N) is 2. The Balaban J connectivity index is 1.84. The van der Waals surface area contributed by atoms with Crippen LogP contribution in [-0.4, -0.2) is 74.7 Å². The average Bonchev–Trinajstić information content (AvgIpc) is 3.37. The molecular formula is C23H26BrClN2O6. The van der Waals surface area contributed by atoms with Crippen molar-refractivity contribution in [3.8, 4) is 0 Å². The van der Waals surface area contributed by atoms with Crippen LogP contribution in [0, 0.1) is 11.8 Å². The number of aliphatic hydroxyl groups excluding tert-OH is 1. The number of benzene rings is 1. The number of likely N-dealkylation sites (tertiary alicyclic amines) is 1. The molecular weight excluding hydrogens is 516 g/mol. The second-order valence-electron chi connectivity index (χ2n) is 8.71. The van der Waals surface area contributed by atoms with Crippen LogP contribution in [0.15, 0.2) is 36.9 Å². The van der Waals surface area contributed by atoms with Crippen LogP contribution in [0.25, 0.3) is 0 Å². The van der Waals surface area contributed by atoms with E-state index in [0.717, 1.165) is 0 Å². The molecule has 3 aliphatic rings. The number of carbonyl (C=O) groups is 3. The lowest BCUT2D eigenvalue weighted by atomic mass is 9.70. The monoisotopic (exact) mass is 540 g/mol. The maximum atomic E-state index is 14.1. The Hall–Kier alpha value is -1.94. The number of hydrogen-bond donors (Lipinski definition) is 2. The molecule has 2 N–H and O–H groups in total. The summed E-state index contributed by atoms with van der Waals surface area (Å²) in [4.78, 5) is 42.5. The quantitative estimate of drug-likeness (QED) is 0.387. The van der Waals surface area contributed by atoms with Crippen LogP contribution in [0.3, 0.4) is 0 Å². The molecule has 3 fully saturated rings. The van der Waals surface area contributed by atoms with E-state index in [0.29, 0.717) is 23.6 Å². The Kier molecular flexibility index (Phi) is 6.61. The average molecular weight is 542 g/mol. The first kappa shape index (κ1) is 24.2. The molecule has 0 aliphatic carbocycles.